The van der Waals surface area contributed by atoms with E-state index in [1.54, 1.807) is 42.5 Å². The molecule has 0 aliphatic carbocycles. The van der Waals surface area contributed by atoms with Gasteiger partial charge in [0.1, 0.15) is 11.5 Å². The molecule has 0 aliphatic rings. The zero-order valence-corrected chi connectivity index (χ0v) is 16.1. The molecule has 7 nitrogen and oxygen atoms in total. The molecule has 0 spiro atoms. The van der Waals surface area contributed by atoms with E-state index in [1.165, 1.54) is 13.0 Å². The van der Waals surface area contributed by atoms with Crippen LogP contribution in [0.4, 0.5) is 0 Å². The molecule has 2 aromatic carbocycles. The Morgan fingerprint density at radius 3 is 2.39 bits per heavy atom. The Morgan fingerprint density at radius 2 is 1.68 bits per heavy atom. The summed E-state index contributed by atoms with van der Waals surface area (Å²) in [5.74, 6) is -0.119. The number of ether oxygens (including phenoxy) is 2. The van der Waals surface area contributed by atoms with Crippen LogP contribution in [0, 0.1) is 0 Å². The van der Waals surface area contributed by atoms with Crippen LogP contribution in [-0.4, -0.2) is 37.5 Å². The van der Waals surface area contributed by atoms with Crippen LogP contribution in [-0.2, 0) is 9.59 Å². The summed E-state index contributed by atoms with van der Waals surface area (Å²) in [7, 11) is 0. The van der Waals surface area contributed by atoms with Crippen LogP contribution in [0.25, 0.3) is 0 Å². The summed E-state index contributed by atoms with van der Waals surface area (Å²) in [5, 5.41) is 6.05. The number of carbonyl (C=O) groups is 3. The fourth-order valence-corrected chi connectivity index (χ4v) is 2.34. The minimum absolute atomic E-state index is 0.100. The maximum absolute atomic E-state index is 12.1. The highest BCUT2D eigenvalue weighted by Crippen LogP contribution is 2.15. The predicted molar refractivity (Wildman–Crippen MR) is 105 cm³/mol. The minimum Gasteiger partial charge on any atom is -0.484 e. The normalized spacial score (nSPS) is 10.1. The Kier molecular flexibility index (Phi) is 8.30. The number of amides is 2. The average molecular weight is 405 g/mol. The summed E-state index contributed by atoms with van der Waals surface area (Å²) < 4.78 is 10.3. The molecule has 0 radical (unpaired) electrons. The minimum atomic E-state index is -0.451. The van der Waals surface area contributed by atoms with Crippen molar-refractivity contribution in [3.05, 3.63) is 59.1 Å². The van der Waals surface area contributed by atoms with Crippen molar-refractivity contribution in [3.8, 4) is 11.5 Å². The maximum Gasteiger partial charge on any atom is 0.308 e. The molecule has 28 heavy (non-hydrogen) atoms. The molecule has 148 valence electrons. The number of rotatable bonds is 9. The summed E-state index contributed by atoms with van der Waals surface area (Å²) in [5.41, 5.74) is 0.388. The Labute approximate surface area is 168 Å². The van der Waals surface area contributed by atoms with Gasteiger partial charge in [-0.25, -0.2) is 0 Å². The molecule has 8 heteroatoms. The van der Waals surface area contributed by atoms with Crippen LogP contribution in [0.2, 0.25) is 5.02 Å². The lowest BCUT2D eigenvalue weighted by molar-refractivity contribution is -0.131. The summed E-state index contributed by atoms with van der Waals surface area (Å²) in [6.07, 6.45) is 0.558. The van der Waals surface area contributed by atoms with E-state index in [9.17, 15) is 14.4 Å². The summed E-state index contributed by atoms with van der Waals surface area (Å²) in [6, 6.07) is 13.1. The molecule has 0 heterocycles. The molecule has 0 bridgehead atoms. The van der Waals surface area contributed by atoms with E-state index < -0.39 is 5.97 Å². The van der Waals surface area contributed by atoms with Crippen LogP contribution in [0.3, 0.4) is 0 Å². The molecular weight excluding hydrogens is 384 g/mol. The summed E-state index contributed by atoms with van der Waals surface area (Å²) in [6.45, 7) is 1.98. The van der Waals surface area contributed by atoms with E-state index in [-0.39, 0.29) is 18.4 Å². The lowest BCUT2D eigenvalue weighted by atomic mass is 10.2. The zero-order valence-electron chi connectivity index (χ0n) is 15.4. The summed E-state index contributed by atoms with van der Waals surface area (Å²) in [4.78, 5) is 34.8. The van der Waals surface area contributed by atoms with E-state index in [2.05, 4.69) is 10.6 Å². The van der Waals surface area contributed by atoms with Gasteiger partial charge in [0.25, 0.3) is 11.8 Å². The Hall–Kier alpha value is -3.06. The topological polar surface area (TPSA) is 93.7 Å². The molecule has 0 atom stereocenters. The van der Waals surface area contributed by atoms with Gasteiger partial charge in [0.15, 0.2) is 6.61 Å². The maximum atomic E-state index is 12.1. The highest BCUT2D eigenvalue weighted by Gasteiger charge is 2.08. The SMILES string of the molecule is CC(=O)Oc1cccc(C(=O)NCCCNC(=O)COc2ccc(Cl)cc2)c1. The van der Waals surface area contributed by atoms with Gasteiger partial charge in [-0.05, 0) is 48.9 Å². The standard InChI is InChI=1S/C20H21ClN2O5/c1-14(24)28-18-5-2-4-15(12-18)20(26)23-11-3-10-22-19(25)13-27-17-8-6-16(21)7-9-17/h2,4-9,12H,3,10-11,13H2,1H3,(H,22,25)(H,23,26). The third-order valence-electron chi connectivity index (χ3n) is 3.50. The fraction of sp³-hybridized carbons (Fsp3) is 0.250. The first kappa shape index (κ1) is 21.2. The Morgan fingerprint density at radius 1 is 0.964 bits per heavy atom. The van der Waals surface area contributed by atoms with Crippen LogP contribution in [0.5, 0.6) is 11.5 Å². The fourth-order valence-electron chi connectivity index (χ4n) is 2.22. The molecule has 0 saturated carbocycles. The van der Waals surface area contributed by atoms with Gasteiger partial charge >= 0.3 is 5.97 Å². The first-order valence-corrected chi connectivity index (χ1v) is 9.03. The van der Waals surface area contributed by atoms with E-state index in [0.717, 1.165) is 0 Å². The Bertz CT molecular complexity index is 824. The van der Waals surface area contributed by atoms with E-state index in [4.69, 9.17) is 21.1 Å². The van der Waals surface area contributed by atoms with Crippen LogP contribution < -0.4 is 20.1 Å². The van der Waals surface area contributed by atoms with Gasteiger partial charge in [0.2, 0.25) is 0 Å². The van der Waals surface area contributed by atoms with Gasteiger partial charge in [0.05, 0.1) is 0 Å². The molecule has 0 aliphatic heterocycles. The average Bonchev–Trinajstić information content (AvgIpc) is 2.67. The van der Waals surface area contributed by atoms with Gasteiger partial charge in [0, 0.05) is 30.6 Å². The van der Waals surface area contributed by atoms with Crippen molar-refractivity contribution < 1.29 is 23.9 Å². The van der Waals surface area contributed by atoms with Crippen LogP contribution >= 0.6 is 11.6 Å². The molecule has 0 fully saturated rings. The molecule has 0 aromatic heterocycles. The van der Waals surface area contributed by atoms with Crippen LogP contribution in [0.15, 0.2) is 48.5 Å². The first-order valence-electron chi connectivity index (χ1n) is 8.66. The first-order chi connectivity index (χ1) is 13.4. The third kappa shape index (κ3) is 7.67. The number of halogens is 1. The van der Waals surface area contributed by atoms with Crippen LogP contribution in [0.1, 0.15) is 23.7 Å². The van der Waals surface area contributed by atoms with Crippen molar-refractivity contribution in [2.45, 2.75) is 13.3 Å². The molecule has 2 aromatic rings. The zero-order chi connectivity index (χ0) is 20.4. The van der Waals surface area contributed by atoms with Crippen molar-refractivity contribution >= 4 is 29.4 Å². The van der Waals surface area contributed by atoms with Gasteiger partial charge in [-0.3, -0.25) is 14.4 Å². The number of hydrogen-bond donors (Lipinski definition) is 2. The number of benzene rings is 2. The molecule has 2 N–H and O–H groups in total. The number of esters is 1. The van der Waals surface area contributed by atoms with E-state index >= 15 is 0 Å². The monoisotopic (exact) mass is 404 g/mol. The van der Waals surface area contributed by atoms with Gasteiger partial charge in [-0.15, -0.1) is 0 Å². The van der Waals surface area contributed by atoms with Crippen molar-refractivity contribution in [1.82, 2.24) is 10.6 Å². The second kappa shape index (κ2) is 10.9. The van der Waals surface area contributed by atoms with Crippen molar-refractivity contribution in [2.75, 3.05) is 19.7 Å². The number of hydrogen-bond acceptors (Lipinski definition) is 5. The Balaban J connectivity index is 1.63. The molecular formula is C20H21ClN2O5. The predicted octanol–water partition coefficient (Wildman–Crippen LogP) is 2.58. The molecule has 2 amide bonds. The van der Waals surface area contributed by atoms with E-state index in [1.807, 2.05) is 0 Å². The smallest absolute Gasteiger partial charge is 0.308 e. The summed E-state index contributed by atoms with van der Waals surface area (Å²) >= 11 is 5.78. The largest absolute Gasteiger partial charge is 0.484 e. The van der Waals surface area contributed by atoms with Crippen molar-refractivity contribution in [3.63, 3.8) is 0 Å². The second-order valence-corrected chi connectivity index (χ2v) is 6.26. The highest BCUT2D eigenvalue weighted by atomic mass is 35.5. The van der Waals surface area contributed by atoms with Gasteiger partial charge < -0.3 is 20.1 Å². The van der Waals surface area contributed by atoms with Gasteiger partial charge in [-0.2, -0.15) is 0 Å². The van der Waals surface area contributed by atoms with E-state index in [0.29, 0.717) is 41.6 Å². The molecule has 0 saturated heterocycles. The molecule has 2 rings (SSSR count). The van der Waals surface area contributed by atoms with Crippen molar-refractivity contribution in [1.29, 1.82) is 0 Å². The molecule has 0 unspecified atom stereocenters. The highest BCUT2D eigenvalue weighted by molar-refractivity contribution is 6.30. The lowest BCUT2D eigenvalue weighted by Gasteiger charge is -2.09. The van der Waals surface area contributed by atoms with Crippen molar-refractivity contribution in [2.24, 2.45) is 0 Å². The quantitative estimate of drug-likeness (QED) is 0.380. The third-order valence-corrected chi connectivity index (χ3v) is 3.75. The lowest BCUT2D eigenvalue weighted by Crippen LogP contribution is -2.32. The number of carbonyl (C=O) groups excluding carboxylic acids is 3. The number of nitrogens with one attached hydrogen (secondary N) is 2. The second-order valence-electron chi connectivity index (χ2n) is 5.82. The van der Waals surface area contributed by atoms with Gasteiger partial charge in [-0.1, -0.05) is 17.7 Å².